The number of benzene rings is 1. The maximum atomic E-state index is 9.76. The van der Waals surface area contributed by atoms with Crippen LogP contribution in [0.25, 0.3) is 0 Å². The van der Waals surface area contributed by atoms with Crippen LogP contribution in [0, 0.1) is 0 Å². The van der Waals surface area contributed by atoms with Crippen molar-refractivity contribution in [3.8, 4) is 0 Å². The predicted molar refractivity (Wildman–Crippen MR) is 61.1 cm³/mol. The summed E-state index contributed by atoms with van der Waals surface area (Å²) in [5.41, 5.74) is 6.12. The second-order valence-electron chi connectivity index (χ2n) is 4.94. The van der Waals surface area contributed by atoms with Gasteiger partial charge in [0.15, 0.2) is 0 Å². The molecule has 0 spiro atoms. The van der Waals surface area contributed by atoms with Crippen LogP contribution in [-0.2, 0) is 25.7 Å². The van der Waals surface area contributed by atoms with E-state index < -0.39 is 0 Å². The van der Waals surface area contributed by atoms with E-state index in [1.807, 2.05) is 0 Å². The quantitative estimate of drug-likeness (QED) is 0.685. The van der Waals surface area contributed by atoms with Gasteiger partial charge >= 0.3 is 0 Å². The largest absolute Gasteiger partial charge is 0.393 e. The van der Waals surface area contributed by atoms with Gasteiger partial charge in [-0.05, 0) is 67.2 Å². The first-order valence-corrected chi connectivity index (χ1v) is 6.15. The topological polar surface area (TPSA) is 20.2 Å². The molecule has 0 saturated carbocycles. The molecule has 1 N–H and O–H groups in total. The normalized spacial score (nSPS) is 24.5. The summed E-state index contributed by atoms with van der Waals surface area (Å²) in [6, 6.07) is 4.62. The van der Waals surface area contributed by atoms with Crippen LogP contribution < -0.4 is 0 Å². The van der Waals surface area contributed by atoms with E-state index in [-0.39, 0.29) is 6.10 Å². The molecule has 0 fully saturated rings. The summed E-state index contributed by atoms with van der Waals surface area (Å²) < 4.78 is 0. The third-order valence-electron chi connectivity index (χ3n) is 3.93. The standard InChI is InChI=1S/C14H18O/c15-12-8-7-11-6-5-10-3-1-2-4-13(10)14(11)9-12/h5-6,12,15H,1-4,7-9H2. The Balaban J connectivity index is 2.08. The first kappa shape index (κ1) is 9.41. The van der Waals surface area contributed by atoms with Crippen molar-refractivity contribution < 1.29 is 5.11 Å². The molecule has 1 atom stereocenters. The molecule has 15 heavy (non-hydrogen) atoms. The highest BCUT2D eigenvalue weighted by molar-refractivity contribution is 5.44. The summed E-state index contributed by atoms with van der Waals surface area (Å²) >= 11 is 0. The minimum atomic E-state index is -0.0917. The average molecular weight is 202 g/mol. The Hall–Kier alpha value is -0.820. The highest BCUT2D eigenvalue weighted by Crippen LogP contribution is 2.31. The molecule has 0 aliphatic heterocycles. The van der Waals surface area contributed by atoms with E-state index in [9.17, 15) is 5.11 Å². The smallest absolute Gasteiger partial charge is 0.0583 e. The Morgan fingerprint density at radius 3 is 2.53 bits per heavy atom. The van der Waals surface area contributed by atoms with Gasteiger partial charge in [-0.1, -0.05) is 12.1 Å². The predicted octanol–water partition coefficient (Wildman–Crippen LogP) is 2.42. The zero-order chi connectivity index (χ0) is 10.3. The summed E-state index contributed by atoms with van der Waals surface area (Å²) in [4.78, 5) is 0. The molecule has 1 aromatic carbocycles. The van der Waals surface area contributed by atoms with E-state index in [0.29, 0.717) is 0 Å². The lowest BCUT2D eigenvalue weighted by Gasteiger charge is -2.27. The van der Waals surface area contributed by atoms with Crippen LogP contribution in [0.2, 0.25) is 0 Å². The van der Waals surface area contributed by atoms with Crippen molar-refractivity contribution in [2.45, 2.75) is 51.0 Å². The van der Waals surface area contributed by atoms with Gasteiger partial charge in [0.05, 0.1) is 6.10 Å². The van der Waals surface area contributed by atoms with Crippen molar-refractivity contribution in [3.63, 3.8) is 0 Å². The summed E-state index contributed by atoms with van der Waals surface area (Å²) in [7, 11) is 0. The second kappa shape index (κ2) is 3.64. The average Bonchev–Trinajstić information content (AvgIpc) is 2.29. The van der Waals surface area contributed by atoms with E-state index >= 15 is 0 Å². The molecule has 0 bridgehead atoms. The van der Waals surface area contributed by atoms with Crippen molar-refractivity contribution in [3.05, 3.63) is 34.4 Å². The zero-order valence-electron chi connectivity index (χ0n) is 9.13. The van der Waals surface area contributed by atoms with Crippen molar-refractivity contribution in [2.24, 2.45) is 0 Å². The number of aliphatic hydroxyl groups excluding tert-OH is 1. The van der Waals surface area contributed by atoms with Gasteiger partial charge in [0, 0.05) is 0 Å². The lowest BCUT2D eigenvalue weighted by atomic mass is 9.80. The first-order chi connectivity index (χ1) is 7.34. The lowest BCUT2D eigenvalue weighted by Crippen LogP contribution is -2.21. The molecule has 1 heteroatoms. The van der Waals surface area contributed by atoms with Crippen LogP contribution in [0.15, 0.2) is 12.1 Å². The zero-order valence-corrected chi connectivity index (χ0v) is 9.13. The molecule has 0 saturated heterocycles. The number of rotatable bonds is 0. The van der Waals surface area contributed by atoms with Gasteiger partial charge in [0.2, 0.25) is 0 Å². The van der Waals surface area contributed by atoms with E-state index in [2.05, 4.69) is 12.1 Å². The van der Waals surface area contributed by atoms with E-state index in [4.69, 9.17) is 0 Å². The Morgan fingerprint density at radius 2 is 1.67 bits per heavy atom. The fraction of sp³-hybridized carbons (Fsp3) is 0.571. The van der Waals surface area contributed by atoms with Gasteiger partial charge < -0.3 is 5.11 Å². The van der Waals surface area contributed by atoms with Crippen LogP contribution in [0.3, 0.4) is 0 Å². The number of hydrogen-bond acceptors (Lipinski definition) is 1. The van der Waals surface area contributed by atoms with Gasteiger partial charge in [-0.3, -0.25) is 0 Å². The maximum Gasteiger partial charge on any atom is 0.0583 e. The molecule has 0 heterocycles. The molecule has 80 valence electrons. The molecular formula is C14H18O. The lowest BCUT2D eigenvalue weighted by molar-refractivity contribution is 0.158. The highest BCUT2D eigenvalue weighted by atomic mass is 16.3. The van der Waals surface area contributed by atoms with Crippen molar-refractivity contribution in [1.29, 1.82) is 0 Å². The Labute approximate surface area is 91.1 Å². The first-order valence-electron chi connectivity index (χ1n) is 6.15. The molecule has 2 aliphatic carbocycles. The minimum Gasteiger partial charge on any atom is -0.393 e. The van der Waals surface area contributed by atoms with Crippen LogP contribution in [-0.4, -0.2) is 11.2 Å². The number of aryl methyl sites for hydroxylation is 2. The number of hydrogen-bond donors (Lipinski definition) is 1. The van der Waals surface area contributed by atoms with Crippen molar-refractivity contribution in [2.75, 3.05) is 0 Å². The van der Waals surface area contributed by atoms with Crippen LogP contribution in [0.1, 0.15) is 41.5 Å². The van der Waals surface area contributed by atoms with E-state index in [1.54, 1.807) is 11.1 Å². The molecule has 1 nitrogen and oxygen atoms in total. The SMILES string of the molecule is OC1CCc2ccc3c(c2C1)CCCC3. The van der Waals surface area contributed by atoms with E-state index in [0.717, 1.165) is 19.3 Å². The molecule has 0 amide bonds. The van der Waals surface area contributed by atoms with Crippen LogP contribution in [0.4, 0.5) is 0 Å². The Bertz CT molecular complexity index is 381. The van der Waals surface area contributed by atoms with E-state index in [1.165, 1.54) is 36.8 Å². The van der Waals surface area contributed by atoms with Gasteiger partial charge in [0.25, 0.3) is 0 Å². The van der Waals surface area contributed by atoms with Gasteiger partial charge in [-0.15, -0.1) is 0 Å². The third kappa shape index (κ3) is 1.59. The molecule has 0 radical (unpaired) electrons. The highest BCUT2D eigenvalue weighted by Gasteiger charge is 2.22. The Kier molecular flexibility index (Phi) is 2.28. The number of fused-ring (bicyclic) bond motifs is 3. The second-order valence-corrected chi connectivity index (χ2v) is 4.94. The van der Waals surface area contributed by atoms with Crippen molar-refractivity contribution >= 4 is 0 Å². The van der Waals surface area contributed by atoms with Gasteiger partial charge in [-0.25, -0.2) is 0 Å². The Morgan fingerprint density at radius 1 is 0.933 bits per heavy atom. The van der Waals surface area contributed by atoms with Crippen LogP contribution in [0.5, 0.6) is 0 Å². The molecule has 3 rings (SSSR count). The minimum absolute atomic E-state index is 0.0917. The number of aliphatic hydroxyl groups is 1. The molecule has 2 aliphatic rings. The molecule has 1 unspecified atom stereocenters. The molecule has 0 aromatic heterocycles. The third-order valence-corrected chi connectivity index (χ3v) is 3.93. The van der Waals surface area contributed by atoms with Crippen LogP contribution >= 0.6 is 0 Å². The molecule has 1 aromatic rings. The van der Waals surface area contributed by atoms with Gasteiger partial charge in [-0.2, -0.15) is 0 Å². The summed E-state index contributed by atoms with van der Waals surface area (Å²) in [6.45, 7) is 0. The monoisotopic (exact) mass is 202 g/mol. The van der Waals surface area contributed by atoms with Crippen molar-refractivity contribution in [1.82, 2.24) is 0 Å². The summed E-state index contributed by atoms with van der Waals surface area (Å²) in [5.74, 6) is 0. The fourth-order valence-corrected chi connectivity index (χ4v) is 3.10. The van der Waals surface area contributed by atoms with Gasteiger partial charge in [0.1, 0.15) is 0 Å². The summed E-state index contributed by atoms with van der Waals surface area (Å²) in [6.07, 6.45) is 8.00. The fourth-order valence-electron chi connectivity index (χ4n) is 3.10. The molecular weight excluding hydrogens is 184 g/mol. The maximum absolute atomic E-state index is 9.76. The summed E-state index contributed by atoms with van der Waals surface area (Å²) in [5, 5.41) is 9.76.